The third kappa shape index (κ3) is 4.79. The summed E-state index contributed by atoms with van der Waals surface area (Å²) in [6.45, 7) is 5.28. The molecule has 0 spiro atoms. The molecule has 198 valence electrons. The van der Waals surface area contributed by atoms with Gasteiger partial charge in [0.05, 0.1) is 47.0 Å². The van der Waals surface area contributed by atoms with Crippen molar-refractivity contribution in [2.75, 3.05) is 6.61 Å². The number of nitro benzene ring substituents is 1. The number of nitro groups is 1. The van der Waals surface area contributed by atoms with Gasteiger partial charge >= 0.3 is 5.97 Å². The maximum Gasteiger partial charge on any atom is 0.338 e. The number of carbonyl (C=O) groups excluding carboxylic acids is 1. The highest BCUT2D eigenvalue weighted by atomic mass is 16.6. The maximum absolute atomic E-state index is 14.0. The number of benzene rings is 2. The highest BCUT2D eigenvalue weighted by Gasteiger charge is 2.38. The number of aromatic nitrogens is 5. The molecule has 2 aromatic carbocycles. The summed E-state index contributed by atoms with van der Waals surface area (Å²) in [5.74, 6) is -0.445. The molecule has 39 heavy (non-hydrogen) atoms. The molecule has 1 aliphatic rings. The van der Waals surface area contributed by atoms with Crippen LogP contribution in [0.2, 0.25) is 0 Å². The van der Waals surface area contributed by atoms with Crippen LogP contribution < -0.4 is 10.3 Å². The van der Waals surface area contributed by atoms with E-state index in [1.807, 2.05) is 30.3 Å². The molecule has 0 radical (unpaired) electrons. The molecule has 0 N–H and O–H groups in total. The lowest BCUT2D eigenvalue weighted by atomic mass is 9.83. The van der Waals surface area contributed by atoms with E-state index >= 15 is 0 Å². The average Bonchev–Trinajstić information content (AvgIpc) is 3.39. The smallest absolute Gasteiger partial charge is 0.338 e. The van der Waals surface area contributed by atoms with E-state index in [0.717, 1.165) is 5.56 Å². The van der Waals surface area contributed by atoms with Gasteiger partial charge in [-0.3, -0.25) is 19.5 Å². The first-order chi connectivity index (χ1) is 18.8. The molecule has 12 heteroatoms. The van der Waals surface area contributed by atoms with Crippen molar-refractivity contribution in [1.82, 2.24) is 24.5 Å². The zero-order valence-corrected chi connectivity index (χ0v) is 21.4. The maximum atomic E-state index is 14.0. The fraction of sp³-hybridized carbons (Fsp3) is 0.222. The zero-order chi connectivity index (χ0) is 27.7. The molecule has 12 nitrogen and oxygen atoms in total. The monoisotopic (exact) mass is 528 g/mol. The topological polar surface area (TPSA) is 144 Å². The third-order valence-corrected chi connectivity index (χ3v) is 6.38. The average molecular weight is 529 g/mol. The van der Waals surface area contributed by atoms with Crippen molar-refractivity contribution in [3.63, 3.8) is 0 Å². The Hall–Kier alpha value is -5.13. The number of ether oxygens (including phenoxy) is 2. The van der Waals surface area contributed by atoms with Gasteiger partial charge in [-0.05, 0) is 38.5 Å². The van der Waals surface area contributed by atoms with Crippen LogP contribution in [0.15, 0.2) is 76.9 Å². The number of rotatable bonds is 7. The molecule has 5 rings (SSSR count). The summed E-state index contributed by atoms with van der Waals surface area (Å²) in [6.07, 6.45) is 1.63. The molecular weight excluding hydrogens is 504 g/mol. The number of fused-ring (bicyclic) bond motifs is 1. The second kappa shape index (κ2) is 10.3. The molecule has 0 saturated carbocycles. The Bertz CT molecular complexity index is 1660. The zero-order valence-electron chi connectivity index (χ0n) is 21.4. The van der Waals surface area contributed by atoms with Gasteiger partial charge in [0.25, 0.3) is 11.2 Å². The van der Waals surface area contributed by atoms with Gasteiger partial charge < -0.3 is 9.47 Å². The summed E-state index contributed by atoms with van der Waals surface area (Å²) in [6, 6.07) is 15.1. The fourth-order valence-corrected chi connectivity index (χ4v) is 4.55. The van der Waals surface area contributed by atoms with E-state index in [1.54, 1.807) is 39.1 Å². The first kappa shape index (κ1) is 25.5. The van der Waals surface area contributed by atoms with Crippen molar-refractivity contribution in [2.24, 2.45) is 0 Å². The number of hydrogen-bond acceptors (Lipinski definition) is 9. The minimum Gasteiger partial charge on any atom is -0.463 e. The molecule has 1 aliphatic heterocycles. The quantitative estimate of drug-likeness (QED) is 0.200. The predicted octanol–water partition coefficient (Wildman–Crippen LogP) is 3.45. The van der Waals surface area contributed by atoms with E-state index < -0.39 is 16.8 Å². The minimum atomic E-state index is -0.739. The van der Waals surface area contributed by atoms with E-state index in [4.69, 9.17) is 9.47 Å². The van der Waals surface area contributed by atoms with Crippen LogP contribution in [0.3, 0.4) is 0 Å². The van der Waals surface area contributed by atoms with Crippen molar-refractivity contribution in [3.05, 3.63) is 115 Å². The Balaban J connectivity index is 1.56. The lowest BCUT2D eigenvalue weighted by molar-refractivity contribution is -0.384. The number of carbonyl (C=O) groups is 1. The molecule has 1 atom stereocenters. The normalized spacial score (nSPS) is 14.5. The molecule has 2 aromatic heterocycles. The van der Waals surface area contributed by atoms with Crippen molar-refractivity contribution in [1.29, 1.82) is 0 Å². The molecule has 0 aliphatic carbocycles. The van der Waals surface area contributed by atoms with E-state index in [-0.39, 0.29) is 41.4 Å². The summed E-state index contributed by atoms with van der Waals surface area (Å²) >= 11 is 0. The van der Waals surface area contributed by atoms with Crippen molar-refractivity contribution in [2.45, 2.75) is 33.2 Å². The number of esters is 1. The van der Waals surface area contributed by atoms with Gasteiger partial charge in [0, 0.05) is 12.1 Å². The fourth-order valence-electron chi connectivity index (χ4n) is 4.55. The van der Waals surface area contributed by atoms with E-state index in [2.05, 4.69) is 15.3 Å². The van der Waals surface area contributed by atoms with Crippen LogP contribution in [0.25, 0.3) is 5.69 Å². The largest absolute Gasteiger partial charge is 0.463 e. The van der Waals surface area contributed by atoms with Gasteiger partial charge in [-0.2, -0.15) is 4.98 Å². The van der Waals surface area contributed by atoms with Gasteiger partial charge in [-0.15, -0.1) is 5.10 Å². The Morgan fingerprint density at radius 3 is 2.51 bits per heavy atom. The predicted molar refractivity (Wildman–Crippen MR) is 139 cm³/mol. The lowest BCUT2D eigenvalue weighted by Gasteiger charge is -2.28. The standard InChI is InChI=1S/C27H24N6O6/c1-4-38-27(35)22-16(2)39-25-24(23(22)18-8-6-5-7-9-18)26(34)31(17(3)28-25)14-19-15-32(30-29-19)20-10-12-21(13-11-20)33(36)37/h5-13,15,23H,4,14H2,1-3H3. The van der Waals surface area contributed by atoms with Crippen LogP contribution in [0, 0.1) is 17.0 Å². The summed E-state index contributed by atoms with van der Waals surface area (Å²) in [7, 11) is 0. The SMILES string of the molecule is CCOC(=O)C1=C(C)Oc2nc(C)n(Cc3cn(-c4ccc([N+](=O)[O-])cc4)nn3)c(=O)c2C1c1ccccc1. The van der Waals surface area contributed by atoms with Crippen molar-refractivity contribution in [3.8, 4) is 11.6 Å². The highest BCUT2D eigenvalue weighted by molar-refractivity contribution is 5.92. The molecule has 0 bridgehead atoms. The number of nitrogens with zero attached hydrogens (tertiary/aromatic N) is 6. The first-order valence-electron chi connectivity index (χ1n) is 12.2. The summed E-state index contributed by atoms with van der Waals surface area (Å²) in [5.41, 5.74) is 1.81. The van der Waals surface area contributed by atoms with E-state index in [1.165, 1.54) is 21.4 Å². The summed E-state index contributed by atoms with van der Waals surface area (Å²) in [4.78, 5) is 42.0. The van der Waals surface area contributed by atoms with Crippen LogP contribution in [0.5, 0.6) is 5.88 Å². The van der Waals surface area contributed by atoms with E-state index in [0.29, 0.717) is 23.0 Å². The van der Waals surface area contributed by atoms with Crippen LogP contribution in [0.1, 0.15) is 42.4 Å². The van der Waals surface area contributed by atoms with Crippen molar-refractivity contribution >= 4 is 11.7 Å². The number of allylic oxidation sites excluding steroid dienone is 1. The second-order valence-corrected chi connectivity index (χ2v) is 8.83. The Morgan fingerprint density at radius 2 is 1.85 bits per heavy atom. The molecular formula is C27H24N6O6. The second-order valence-electron chi connectivity index (χ2n) is 8.83. The van der Waals surface area contributed by atoms with Gasteiger partial charge in [0.15, 0.2) is 0 Å². The van der Waals surface area contributed by atoms with Gasteiger partial charge in [-0.1, -0.05) is 35.5 Å². The van der Waals surface area contributed by atoms with Gasteiger partial charge in [0.1, 0.15) is 17.3 Å². The molecule has 0 amide bonds. The van der Waals surface area contributed by atoms with Crippen molar-refractivity contribution < 1.29 is 19.2 Å². The summed E-state index contributed by atoms with van der Waals surface area (Å²) < 4.78 is 14.1. The van der Waals surface area contributed by atoms with Gasteiger partial charge in [0.2, 0.25) is 5.88 Å². The Kier molecular flexibility index (Phi) is 6.75. The number of aryl methyl sites for hydroxylation is 1. The van der Waals surface area contributed by atoms with Crippen LogP contribution in [0.4, 0.5) is 5.69 Å². The molecule has 0 saturated heterocycles. The Labute approximate surface area is 222 Å². The number of hydrogen-bond donors (Lipinski definition) is 0. The van der Waals surface area contributed by atoms with Gasteiger partial charge in [-0.25, -0.2) is 9.48 Å². The molecule has 0 fully saturated rings. The lowest BCUT2D eigenvalue weighted by Crippen LogP contribution is -2.34. The molecule has 3 heterocycles. The van der Waals surface area contributed by atoms with Crippen LogP contribution in [-0.4, -0.2) is 42.0 Å². The minimum absolute atomic E-state index is 0.0388. The number of non-ortho nitro benzene ring substituents is 1. The van der Waals surface area contributed by atoms with E-state index in [9.17, 15) is 19.7 Å². The van der Waals surface area contributed by atoms with Crippen LogP contribution in [-0.2, 0) is 16.1 Å². The third-order valence-electron chi connectivity index (χ3n) is 6.38. The Morgan fingerprint density at radius 1 is 1.13 bits per heavy atom. The summed E-state index contributed by atoms with van der Waals surface area (Å²) in [5, 5.41) is 19.2. The molecule has 1 unspecified atom stereocenters. The first-order valence-corrected chi connectivity index (χ1v) is 12.2. The molecule has 4 aromatic rings. The highest BCUT2D eigenvalue weighted by Crippen LogP contribution is 2.41. The van der Waals surface area contributed by atoms with Crippen LogP contribution >= 0.6 is 0 Å².